The van der Waals surface area contributed by atoms with E-state index in [4.69, 9.17) is 23.2 Å². The normalized spacial score (nSPS) is 21.3. The highest BCUT2D eigenvalue weighted by molar-refractivity contribution is 6.33. The van der Waals surface area contributed by atoms with E-state index in [1.54, 1.807) is 6.07 Å². The van der Waals surface area contributed by atoms with E-state index in [9.17, 15) is 0 Å². The number of hydrogen-bond acceptors (Lipinski definition) is 4. The van der Waals surface area contributed by atoms with Crippen molar-refractivity contribution in [3.8, 4) is 0 Å². The number of nitrogens with one attached hydrogen (secondary N) is 1. The number of rotatable bonds is 3. The Bertz CT molecular complexity index is 372. The molecule has 1 atom stereocenters. The van der Waals surface area contributed by atoms with Gasteiger partial charge in [0.2, 0.25) is 0 Å². The highest BCUT2D eigenvalue weighted by atomic mass is 35.5. The van der Waals surface area contributed by atoms with Crippen molar-refractivity contribution in [2.75, 3.05) is 32.0 Å². The Morgan fingerprint density at radius 2 is 2.31 bits per heavy atom. The average molecular weight is 261 g/mol. The first kappa shape index (κ1) is 11.9. The van der Waals surface area contributed by atoms with Crippen molar-refractivity contribution in [3.05, 3.63) is 16.4 Å². The van der Waals surface area contributed by atoms with Gasteiger partial charge < -0.3 is 10.2 Å². The molecule has 1 aromatic rings. The van der Waals surface area contributed by atoms with Crippen molar-refractivity contribution in [1.29, 1.82) is 0 Å². The maximum absolute atomic E-state index is 5.91. The van der Waals surface area contributed by atoms with Crippen molar-refractivity contribution in [1.82, 2.24) is 15.1 Å². The van der Waals surface area contributed by atoms with Gasteiger partial charge in [-0.2, -0.15) is 0 Å². The fourth-order valence-electron chi connectivity index (χ4n) is 1.92. The highest BCUT2D eigenvalue weighted by Crippen LogP contribution is 2.22. The van der Waals surface area contributed by atoms with Gasteiger partial charge in [-0.15, -0.1) is 10.2 Å². The number of likely N-dealkylation sites (tertiary alicyclic amines) is 1. The Balaban J connectivity index is 1.91. The molecule has 0 saturated carbocycles. The van der Waals surface area contributed by atoms with Crippen LogP contribution in [-0.4, -0.2) is 41.8 Å². The van der Waals surface area contributed by atoms with Gasteiger partial charge in [0.1, 0.15) is 0 Å². The van der Waals surface area contributed by atoms with Crippen molar-refractivity contribution in [2.24, 2.45) is 5.92 Å². The lowest BCUT2D eigenvalue weighted by atomic mass is 10.1. The summed E-state index contributed by atoms with van der Waals surface area (Å²) in [6, 6.07) is 1.70. The number of hydrogen-bond donors (Lipinski definition) is 1. The molecule has 1 saturated heterocycles. The molecule has 1 unspecified atom stereocenters. The minimum atomic E-state index is 0.357. The Morgan fingerprint density at radius 3 is 3.00 bits per heavy atom. The van der Waals surface area contributed by atoms with Crippen LogP contribution in [-0.2, 0) is 0 Å². The summed E-state index contributed by atoms with van der Waals surface area (Å²) in [5.41, 5.74) is 0.760. The minimum absolute atomic E-state index is 0.357. The van der Waals surface area contributed by atoms with E-state index >= 15 is 0 Å². The predicted octanol–water partition coefficient (Wildman–Crippen LogP) is 2.15. The summed E-state index contributed by atoms with van der Waals surface area (Å²) in [7, 11) is 2.14. The van der Waals surface area contributed by atoms with Crippen LogP contribution in [0.25, 0.3) is 0 Å². The van der Waals surface area contributed by atoms with Crippen LogP contribution in [0.2, 0.25) is 10.3 Å². The van der Waals surface area contributed by atoms with Gasteiger partial charge in [0.25, 0.3) is 0 Å². The standard InChI is InChI=1S/C10H14Cl2N4/c1-16-3-2-7(6-16)5-13-8-4-9(11)14-15-10(8)12/h4,7H,2-3,5-6H2,1H3,(H,13,14). The highest BCUT2D eigenvalue weighted by Gasteiger charge is 2.19. The lowest BCUT2D eigenvalue weighted by Crippen LogP contribution is -2.19. The van der Waals surface area contributed by atoms with Gasteiger partial charge in [-0.3, -0.25) is 0 Å². The third-order valence-electron chi connectivity index (χ3n) is 2.79. The van der Waals surface area contributed by atoms with Gasteiger partial charge in [0, 0.05) is 19.2 Å². The number of halogens is 2. The topological polar surface area (TPSA) is 41.0 Å². The van der Waals surface area contributed by atoms with Gasteiger partial charge in [0.05, 0.1) is 5.69 Å². The molecule has 1 N–H and O–H groups in total. The van der Waals surface area contributed by atoms with Gasteiger partial charge in [-0.25, -0.2) is 0 Å². The first-order chi connectivity index (χ1) is 7.65. The SMILES string of the molecule is CN1CCC(CNc2cc(Cl)nnc2Cl)C1. The zero-order chi connectivity index (χ0) is 11.5. The Kier molecular flexibility index (Phi) is 3.84. The predicted molar refractivity (Wildman–Crippen MR) is 66.1 cm³/mol. The summed E-state index contributed by atoms with van der Waals surface area (Å²) in [5.74, 6) is 0.660. The third-order valence-corrected chi connectivity index (χ3v) is 3.25. The molecule has 0 aliphatic carbocycles. The lowest BCUT2D eigenvalue weighted by Gasteiger charge is -2.13. The molecule has 1 aliphatic rings. The number of aromatic nitrogens is 2. The molecule has 1 fully saturated rings. The van der Waals surface area contributed by atoms with Gasteiger partial charge in [0.15, 0.2) is 10.3 Å². The Hall–Kier alpha value is -0.580. The Labute approximate surface area is 105 Å². The van der Waals surface area contributed by atoms with Gasteiger partial charge >= 0.3 is 0 Å². The molecule has 0 amide bonds. The molecule has 4 nitrogen and oxygen atoms in total. The Morgan fingerprint density at radius 1 is 1.50 bits per heavy atom. The summed E-state index contributed by atoms with van der Waals surface area (Å²) < 4.78 is 0. The summed E-state index contributed by atoms with van der Waals surface area (Å²) in [5, 5.41) is 11.4. The molecule has 0 spiro atoms. The van der Waals surface area contributed by atoms with Crippen LogP contribution in [0.15, 0.2) is 6.07 Å². The second-order valence-corrected chi connectivity index (χ2v) is 4.91. The fraction of sp³-hybridized carbons (Fsp3) is 0.600. The van der Waals surface area contributed by atoms with Crippen LogP contribution in [0.1, 0.15) is 6.42 Å². The van der Waals surface area contributed by atoms with E-state index in [-0.39, 0.29) is 0 Å². The van der Waals surface area contributed by atoms with Gasteiger partial charge in [-0.05, 0) is 25.9 Å². The zero-order valence-electron chi connectivity index (χ0n) is 9.08. The summed E-state index contributed by atoms with van der Waals surface area (Å²) in [6.07, 6.45) is 1.22. The van der Waals surface area contributed by atoms with Crippen LogP contribution in [0.3, 0.4) is 0 Å². The van der Waals surface area contributed by atoms with Crippen LogP contribution in [0.5, 0.6) is 0 Å². The largest absolute Gasteiger partial charge is 0.382 e. The lowest BCUT2D eigenvalue weighted by molar-refractivity contribution is 0.399. The summed E-state index contributed by atoms with van der Waals surface area (Å²) >= 11 is 11.7. The van der Waals surface area contributed by atoms with Crippen LogP contribution in [0.4, 0.5) is 5.69 Å². The van der Waals surface area contributed by atoms with E-state index in [0.29, 0.717) is 16.2 Å². The van der Waals surface area contributed by atoms with Crippen LogP contribution in [0, 0.1) is 5.92 Å². The quantitative estimate of drug-likeness (QED) is 0.905. The first-order valence-corrected chi connectivity index (χ1v) is 6.02. The molecule has 88 valence electrons. The van der Waals surface area contributed by atoms with E-state index in [0.717, 1.165) is 25.3 Å². The van der Waals surface area contributed by atoms with Crippen molar-refractivity contribution in [2.45, 2.75) is 6.42 Å². The monoisotopic (exact) mass is 260 g/mol. The number of nitrogens with zero attached hydrogens (tertiary/aromatic N) is 3. The maximum Gasteiger partial charge on any atom is 0.174 e. The second kappa shape index (κ2) is 5.17. The van der Waals surface area contributed by atoms with E-state index in [1.807, 2.05) is 0 Å². The van der Waals surface area contributed by atoms with E-state index < -0.39 is 0 Å². The molecule has 2 heterocycles. The first-order valence-electron chi connectivity index (χ1n) is 5.26. The molecule has 1 aromatic heterocycles. The molecule has 0 radical (unpaired) electrons. The van der Waals surface area contributed by atoms with Crippen molar-refractivity contribution < 1.29 is 0 Å². The molecule has 2 rings (SSSR count). The summed E-state index contributed by atoms with van der Waals surface area (Å²) in [4.78, 5) is 2.33. The molecular weight excluding hydrogens is 247 g/mol. The van der Waals surface area contributed by atoms with Crippen molar-refractivity contribution in [3.63, 3.8) is 0 Å². The summed E-state index contributed by atoms with van der Waals surface area (Å²) in [6.45, 7) is 3.18. The minimum Gasteiger partial charge on any atom is -0.382 e. The maximum atomic E-state index is 5.91. The molecule has 1 aliphatic heterocycles. The third kappa shape index (κ3) is 2.97. The molecule has 0 aromatic carbocycles. The van der Waals surface area contributed by atoms with Crippen LogP contribution < -0.4 is 5.32 Å². The van der Waals surface area contributed by atoms with Gasteiger partial charge in [-0.1, -0.05) is 23.2 Å². The molecular formula is C10H14Cl2N4. The van der Waals surface area contributed by atoms with Crippen molar-refractivity contribution >= 4 is 28.9 Å². The molecule has 16 heavy (non-hydrogen) atoms. The number of anilines is 1. The molecule has 6 heteroatoms. The second-order valence-electron chi connectivity index (χ2n) is 4.17. The molecule has 0 bridgehead atoms. The van der Waals surface area contributed by atoms with E-state index in [2.05, 4.69) is 27.5 Å². The smallest absolute Gasteiger partial charge is 0.174 e. The zero-order valence-corrected chi connectivity index (χ0v) is 10.6. The van der Waals surface area contributed by atoms with E-state index in [1.165, 1.54) is 6.42 Å². The average Bonchev–Trinajstić information content (AvgIpc) is 2.66. The fourth-order valence-corrected chi connectivity index (χ4v) is 2.23. The van der Waals surface area contributed by atoms with Crippen LogP contribution >= 0.6 is 23.2 Å².